The summed E-state index contributed by atoms with van der Waals surface area (Å²) in [5, 5.41) is 7.01. The summed E-state index contributed by atoms with van der Waals surface area (Å²) in [6.45, 7) is 0. The molecule has 5 heteroatoms. The second kappa shape index (κ2) is 23.4. The Kier molecular flexibility index (Phi) is 15.1. The third kappa shape index (κ3) is 11.1. The number of hydrogen-bond donors (Lipinski definition) is 0. The van der Waals surface area contributed by atoms with Crippen molar-refractivity contribution in [3.05, 3.63) is 304 Å². The number of hydrogen-bond acceptors (Lipinski definition) is 4. The fourth-order valence-corrected chi connectivity index (χ4v) is 9.70. The molecule has 0 N–H and O–H groups in total. The Bertz CT molecular complexity index is 3980. The number of aromatic nitrogens is 4. The molecule has 77 heavy (non-hydrogen) atoms. The first-order chi connectivity index (χ1) is 37.7. The van der Waals surface area contributed by atoms with Crippen LogP contribution >= 0.6 is 0 Å². The van der Waals surface area contributed by atoms with Crippen LogP contribution in [-0.4, -0.2) is 19.9 Å². The van der Waals surface area contributed by atoms with Gasteiger partial charge in [0, 0.05) is 54.4 Å². The Labute approximate surface area is 462 Å². The summed E-state index contributed by atoms with van der Waals surface area (Å²) in [5.41, 5.74) is 16.8. The predicted molar refractivity (Wildman–Crippen MR) is 316 cm³/mol. The summed E-state index contributed by atoms with van der Waals surface area (Å²) < 4.78 is 0. The van der Waals surface area contributed by atoms with Gasteiger partial charge < -0.3 is 9.97 Å². The van der Waals surface area contributed by atoms with Gasteiger partial charge in [0.2, 0.25) is 0 Å². The van der Waals surface area contributed by atoms with Gasteiger partial charge in [-0.05, 0) is 103 Å². The zero-order chi connectivity index (χ0) is 50.9. The molecule has 0 atom stereocenters. The summed E-state index contributed by atoms with van der Waals surface area (Å²) in [6.07, 6.45) is 3.63. The summed E-state index contributed by atoms with van der Waals surface area (Å²) in [5.74, 6) is 0. The van der Waals surface area contributed by atoms with Gasteiger partial charge in [0.05, 0.1) is 22.4 Å². The van der Waals surface area contributed by atoms with E-state index in [1.54, 1.807) is 6.20 Å². The van der Waals surface area contributed by atoms with E-state index in [1.807, 2.05) is 97.2 Å². The minimum absolute atomic E-state index is 0. The van der Waals surface area contributed by atoms with Crippen LogP contribution in [0.5, 0.6) is 0 Å². The molecule has 4 nitrogen and oxygen atoms in total. The molecule has 0 bridgehead atoms. The van der Waals surface area contributed by atoms with E-state index in [0.29, 0.717) is 0 Å². The molecule has 0 amide bonds. The van der Waals surface area contributed by atoms with Gasteiger partial charge in [-0.25, -0.2) is 9.97 Å². The molecule has 0 aliphatic heterocycles. The smallest absolute Gasteiger partial charge is 0.0978 e. The van der Waals surface area contributed by atoms with Gasteiger partial charge in [0.15, 0.2) is 0 Å². The number of nitrogens with zero attached hydrogens (tertiary/aromatic N) is 4. The van der Waals surface area contributed by atoms with E-state index >= 15 is 0 Å². The van der Waals surface area contributed by atoms with Gasteiger partial charge in [0.25, 0.3) is 0 Å². The molecule has 0 spiro atoms. The number of benzene rings is 10. The molecule has 0 fully saturated rings. The first-order valence-corrected chi connectivity index (χ1v) is 25.4. The molecular formula is C72H48IrN4-2. The molecule has 1 radical (unpaired) electrons. The van der Waals surface area contributed by atoms with Crippen molar-refractivity contribution < 1.29 is 20.1 Å². The number of rotatable bonds is 7. The Morgan fingerprint density at radius 2 is 0.701 bits per heavy atom. The summed E-state index contributed by atoms with van der Waals surface area (Å²) in [4.78, 5) is 19.5. The van der Waals surface area contributed by atoms with Crippen molar-refractivity contribution in [2.75, 3.05) is 0 Å². The molecule has 10 aromatic carbocycles. The Morgan fingerprint density at radius 3 is 1.18 bits per heavy atom. The molecular weight excluding hydrogens is 1110 g/mol. The van der Waals surface area contributed by atoms with Crippen LogP contribution < -0.4 is 0 Å². The van der Waals surface area contributed by atoms with Crippen molar-refractivity contribution in [1.82, 2.24) is 19.9 Å². The van der Waals surface area contributed by atoms with E-state index in [4.69, 9.17) is 9.97 Å². The number of fused-ring (bicyclic) bond motifs is 5. The summed E-state index contributed by atoms with van der Waals surface area (Å²) in [7, 11) is 0. The zero-order valence-electron chi connectivity index (χ0n) is 41.8. The summed E-state index contributed by atoms with van der Waals surface area (Å²) >= 11 is 0. The maximum absolute atomic E-state index is 5.42. The topological polar surface area (TPSA) is 51.6 Å². The fourth-order valence-electron chi connectivity index (χ4n) is 9.70. The van der Waals surface area contributed by atoms with Crippen molar-refractivity contribution in [3.63, 3.8) is 0 Å². The van der Waals surface area contributed by atoms with E-state index in [9.17, 15) is 0 Å². The molecule has 367 valence electrons. The molecule has 0 unspecified atom stereocenters. The third-order valence-corrected chi connectivity index (χ3v) is 13.5. The molecule has 0 saturated heterocycles. The van der Waals surface area contributed by atoms with E-state index in [2.05, 4.69) is 210 Å². The van der Waals surface area contributed by atoms with Crippen molar-refractivity contribution in [1.29, 1.82) is 0 Å². The molecule has 0 aliphatic carbocycles. The minimum atomic E-state index is 0. The zero-order valence-corrected chi connectivity index (χ0v) is 44.2. The van der Waals surface area contributed by atoms with Gasteiger partial charge in [-0.1, -0.05) is 194 Å². The molecule has 4 heterocycles. The van der Waals surface area contributed by atoms with E-state index in [-0.39, 0.29) is 20.1 Å². The second-order valence-electron chi connectivity index (χ2n) is 18.4. The van der Waals surface area contributed by atoms with Gasteiger partial charge >= 0.3 is 0 Å². The maximum atomic E-state index is 5.42. The van der Waals surface area contributed by atoms with Crippen molar-refractivity contribution in [3.8, 4) is 78.4 Å². The van der Waals surface area contributed by atoms with Gasteiger partial charge in [0.1, 0.15) is 0 Å². The van der Waals surface area contributed by atoms with Crippen LogP contribution in [-0.2, 0) is 20.1 Å². The Morgan fingerprint density at radius 1 is 0.260 bits per heavy atom. The van der Waals surface area contributed by atoms with Crippen LogP contribution in [0.3, 0.4) is 0 Å². The van der Waals surface area contributed by atoms with Crippen molar-refractivity contribution in [2.45, 2.75) is 0 Å². The first kappa shape index (κ1) is 49.7. The fraction of sp³-hybridized carbons (Fsp3) is 0. The van der Waals surface area contributed by atoms with E-state index in [1.165, 1.54) is 32.7 Å². The first-order valence-electron chi connectivity index (χ1n) is 25.4. The van der Waals surface area contributed by atoms with Crippen LogP contribution in [0.15, 0.2) is 291 Å². The molecule has 0 saturated carbocycles. The maximum Gasteiger partial charge on any atom is 0.0978 e. The standard InChI is InChI=1S/C44H28N2.C17H12N.C11H8N.Ir/c1-3-13-31(14-4-1)39-27-41(35-21-19-29-11-7-9-17-33(29)25-35)45-43-37(39)23-24-38-40(32-15-5-2-6-16-32)28-42(46-44(38)43)36-22-20-30-12-8-10-18-34(30)26-36;1-3-7-14(8-4-1)16-11-12-18-17(13-16)15-9-5-2-6-10-15;1-2-6-10(7-3-1)11-8-4-5-9-12-11;/h1-28H;1-9,11-13H;1-6,8-9H;/q;2*-1;. The van der Waals surface area contributed by atoms with E-state index in [0.717, 1.165) is 89.1 Å². The van der Waals surface area contributed by atoms with Gasteiger partial charge in [-0.15, -0.1) is 71.8 Å². The van der Waals surface area contributed by atoms with Gasteiger partial charge in [-0.2, -0.15) is 0 Å². The SMILES string of the molecule is [Ir].[c-]1ccccc1-c1cc(-c2ccccc2)ccn1.[c-]1ccccc1-c1ccccn1.c1ccc(-c2cc(-c3ccc4ccccc4c3)nc3c2ccc2c(-c4ccccc4)cc(-c4ccc5ccccc5c4)nc23)cc1. The van der Waals surface area contributed by atoms with Crippen molar-refractivity contribution in [2.24, 2.45) is 0 Å². The van der Waals surface area contributed by atoms with Crippen LogP contribution in [0, 0.1) is 12.1 Å². The van der Waals surface area contributed by atoms with Gasteiger partial charge in [-0.3, -0.25) is 0 Å². The van der Waals surface area contributed by atoms with Crippen molar-refractivity contribution >= 4 is 43.4 Å². The Balaban J connectivity index is 0.000000165. The Hall–Kier alpha value is -9.51. The minimum Gasteiger partial charge on any atom is -0.305 e. The normalized spacial score (nSPS) is 10.8. The monoisotopic (exact) mass is 1160 g/mol. The molecule has 14 aromatic rings. The van der Waals surface area contributed by atoms with Crippen LogP contribution in [0.4, 0.5) is 0 Å². The average Bonchev–Trinajstić information content (AvgIpc) is 3.52. The largest absolute Gasteiger partial charge is 0.305 e. The number of pyridine rings is 4. The van der Waals surface area contributed by atoms with E-state index < -0.39 is 0 Å². The van der Waals surface area contributed by atoms with Crippen LogP contribution in [0.25, 0.3) is 122 Å². The molecule has 4 aromatic heterocycles. The third-order valence-electron chi connectivity index (χ3n) is 13.5. The van der Waals surface area contributed by atoms with Crippen LogP contribution in [0.1, 0.15) is 0 Å². The average molecular weight is 1160 g/mol. The predicted octanol–water partition coefficient (Wildman–Crippen LogP) is 18.5. The second-order valence-corrected chi connectivity index (χ2v) is 18.4. The summed E-state index contributed by atoms with van der Waals surface area (Å²) in [6, 6.07) is 103. The molecule has 14 rings (SSSR count). The van der Waals surface area contributed by atoms with Crippen LogP contribution in [0.2, 0.25) is 0 Å². The molecule has 0 aliphatic rings. The quantitative estimate of drug-likeness (QED) is 0.118.